The Kier molecular flexibility index (Phi) is 6.01. The van der Waals surface area contributed by atoms with Gasteiger partial charge in [-0.05, 0) is 24.1 Å². The first-order chi connectivity index (χ1) is 13.1. The first kappa shape index (κ1) is 18.8. The van der Waals surface area contributed by atoms with Gasteiger partial charge in [0.2, 0.25) is 5.91 Å². The van der Waals surface area contributed by atoms with Gasteiger partial charge in [-0.25, -0.2) is 0 Å². The second-order valence-electron chi connectivity index (χ2n) is 6.73. The lowest BCUT2D eigenvalue weighted by atomic mass is 10.0. The third kappa shape index (κ3) is 4.25. The van der Waals surface area contributed by atoms with E-state index in [0.29, 0.717) is 11.1 Å². The van der Waals surface area contributed by atoms with Gasteiger partial charge in [-0.2, -0.15) is 0 Å². The average molecular weight is 364 g/mol. The minimum Gasteiger partial charge on any atom is -0.349 e. The fourth-order valence-electron chi connectivity index (χ4n) is 3.34. The Hall–Kier alpha value is -2.95. The predicted molar refractivity (Wildman–Crippen MR) is 103 cm³/mol. The maximum atomic E-state index is 12.5. The van der Waals surface area contributed by atoms with Gasteiger partial charge in [-0.15, -0.1) is 0 Å². The van der Waals surface area contributed by atoms with Gasteiger partial charge in [0.15, 0.2) is 0 Å². The second kappa shape index (κ2) is 8.62. The highest BCUT2D eigenvalue weighted by molar-refractivity contribution is 6.21. The Balaban J connectivity index is 1.60. The number of imide groups is 1. The van der Waals surface area contributed by atoms with Crippen molar-refractivity contribution in [3.63, 3.8) is 0 Å². The van der Waals surface area contributed by atoms with Crippen molar-refractivity contribution < 1.29 is 14.4 Å². The van der Waals surface area contributed by atoms with E-state index in [1.807, 2.05) is 30.3 Å². The molecule has 1 aliphatic rings. The third-order valence-electron chi connectivity index (χ3n) is 4.82. The third-order valence-corrected chi connectivity index (χ3v) is 4.82. The smallest absolute Gasteiger partial charge is 0.261 e. The summed E-state index contributed by atoms with van der Waals surface area (Å²) < 4.78 is 0. The second-order valence-corrected chi connectivity index (χ2v) is 6.73. The molecule has 1 atom stereocenters. The number of fused-ring (bicyclic) bond motifs is 1. The van der Waals surface area contributed by atoms with E-state index in [9.17, 15) is 14.4 Å². The SMILES string of the molecule is CCCC[C@H](NC(=O)CCN1C(=O)c2ccccc2C1=O)c1ccccc1. The summed E-state index contributed by atoms with van der Waals surface area (Å²) in [5.74, 6) is -0.806. The van der Waals surface area contributed by atoms with Crippen LogP contribution in [0.2, 0.25) is 0 Å². The van der Waals surface area contributed by atoms with Crippen LogP contribution in [0, 0.1) is 0 Å². The number of benzene rings is 2. The molecule has 5 heteroatoms. The summed E-state index contributed by atoms with van der Waals surface area (Å²) in [4.78, 5) is 38.4. The van der Waals surface area contributed by atoms with Gasteiger partial charge in [0.1, 0.15) is 0 Å². The number of nitrogens with one attached hydrogen (secondary N) is 1. The molecule has 2 aromatic carbocycles. The fourth-order valence-corrected chi connectivity index (χ4v) is 3.34. The van der Waals surface area contributed by atoms with E-state index in [1.54, 1.807) is 24.3 Å². The van der Waals surface area contributed by atoms with Crippen LogP contribution >= 0.6 is 0 Å². The monoisotopic (exact) mass is 364 g/mol. The molecule has 5 nitrogen and oxygen atoms in total. The van der Waals surface area contributed by atoms with Crippen LogP contribution in [0.15, 0.2) is 54.6 Å². The van der Waals surface area contributed by atoms with Crippen molar-refractivity contribution in [1.82, 2.24) is 10.2 Å². The molecule has 1 aliphatic heterocycles. The van der Waals surface area contributed by atoms with E-state index in [-0.39, 0.29) is 36.7 Å². The molecule has 0 saturated heterocycles. The Morgan fingerprint density at radius 2 is 1.56 bits per heavy atom. The quantitative estimate of drug-likeness (QED) is 0.726. The van der Waals surface area contributed by atoms with Crippen LogP contribution in [0.5, 0.6) is 0 Å². The molecule has 0 aliphatic carbocycles. The van der Waals surface area contributed by atoms with E-state index in [1.165, 1.54) is 0 Å². The lowest BCUT2D eigenvalue weighted by Gasteiger charge is -2.20. The first-order valence-electron chi connectivity index (χ1n) is 9.41. The molecule has 1 N–H and O–H groups in total. The summed E-state index contributed by atoms with van der Waals surface area (Å²) in [6.45, 7) is 2.21. The number of hydrogen-bond acceptors (Lipinski definition) is 3. The maximum Gasteiger partial charge on any atom is 0.261 e. The summed E-state index contributed by atoms with van der Waals surface area (Å²) >= 11 is 0. The molecule has 0 radical (unpaired) electrons. The van der Waals surface area contributed by atoms with Crippen molar-refractivity contribution in [2.24, 2.45) is 0 Å². The van der Waals surface area contributed by atoms with Crippen molar-refractivity contribution >= 4 is 17.7 Å². The zero-order valence-electron chi connectivity index (χ0n) is 15.5. The van der Waals surface area contributed by atoms with Crippen molar-refractivity contribution in [3.8, 4) is 0 Å². The van der Waals surface area contributed by atoms with Crippen LogP contribution in [0.4, 0.5) is 0 Å². The molecule has 0 saturated carbocycles. The summed E-state index contributed by atoms with van der Waals surface area (Å²) in [7, 11) is 0. The normalized spacial score (nSPS) is 14.2. The lowest BCUT2D eigenvalue weighted by Crippen LogP contribution is -2.35. The molecule has 0 fully saturated rings. The number of carbonyl (C=O) groups is 3. The Bertz CT molecular complexity index is 797. The molecule has 0 bridgehead atoms. The molecule has 0 unspecified atom stereocenters. The van der Waals surface area contributed by atoms with Crippen LogP contribution in [0.1, 0.15) is 64.9 Å². The van der Waals surface area contributed by atoms with E-state index in [2.05, 4.69) is 12.2 Å². The molecule has 3 amide bonds. The highest BCUT2D eigenvalue weighted by atomic mass is 16.2. The largest absolute Gasteiger partial charge is 0.349 e. The van der Waals surface area contributed by atoms with E-state index in [0.717, 1.165) is 29.7 Å². The van der Waals surface area contributed by atoms with Crippen LogP contribution in [-0.2, 0) is 4.79 Å². The van der Waals surface area contributed by atoms with Crippen LogP contribution in [0.3, 0.4) is 0 Å². The highest BCUT2D eigenvalue weighted by Crippen LogP contribution is 2.23. The molecular weight excluding hydrogens is 340 g/mol. The van der Waals surface area contributed by atoms with Gasteiger partial charge in [0.05, 0.1) is 17.2 Å². The zero-order valence-corrected chi connectivity index (χ0v) is 15.5. The number of hydrogen-bond donors (Lipinski definition) is 1. The van der Waals surface area contributed by atoms with Crippen LogP contribution in [-0.4, -0.2) is 29.2 Å². The Morgan fingerprint density at radius 3 is 2.15 bits per heavy atom. The molecule has 1 heterocycles. The molecule has 3 rings (SSSR count). The van der Waals surface area contributed by atoms with E-state index >= 15 is 0 Å². The molecule has 27 heavy (non-hydrogen) atoms. The van der Waals surface area contributed by atoms with Gasteiger partial charge >= 0.3 is 0 Å². The molecule has 2 aromatic rings. The summed E-state index contributed by atoms with van der Waals surface area (Å²) in [6, 6.07) is 16.6. The minimum absolute atomic E-state index is 0.0548. The topological polar surface area (TPSA) is 66.5 Å². The summed E-state index contributed by atoms with van der Waals surface area (Å²) in [6.07, 6.45) is 3.02. The number of rotatable bonds is 8. The van der Waals surface area contributed by atoms with Gasteiger partial charge in [-0.1, -0.05) is 62.2 Å². The van der Waals surface area contributed by atoms with Crippen molar-refractivity contribution in [2.45, 2.75) is 38.6 Å². The van der Waals surface area contributed by atoms with Gasteiger partial charge in [0.25, 0.3) is 11.8 Å². The lowest BCUT2D eigenvalue weighted by molar-refractivity contribution is -0.122. The fraction of sp³-hybridized carbons (Fsp3) is 0.318. The van der Waals surface area contributed by atoms with Crippen LogP contribution in [0.25, 0.3) is 0 Å². The number of nitrogens with zero attached hydrogens (tertiary/aromatic N) is 1. The Morgan fingerprint density at radius 1 is 0.963 bits per heavy atom. The van der Waals surface area contributed by atoms with Crippen molar-refractivity contribution in [3.05, 3.63) is 71.3 Å². The number of amides is 3. The highest BCUT2D eigenvalue weighted by Gasteiger charge is 2.35. The Labute approximate surface area is 159 Å². The van der Waals surface area contributed by atoms with Gasteiger partial charge in [0, 0.05) is 13.0 Å². The van der Waals surface area contributed by atoms with Crippen molar-refractivity contribution in [2.75, 3.05) is 6.54 Å². The number of unbranched alkanes of at least 4 members (excludes halogenated alkanes) is 1. The number of carbonyl (C=O) groups excluding carboxylic acids is 3. The average Bonchev–Trinajstić information content (AvgIpc) is 2.95. The minimum atomic E-state index is -0.325. The zero-order chi connectivity index (χ0) is 19.2. The van der Waals surface area contributed by atoms with Crippen molar-refractivity contribution in [1.29, 1.82) is 0 Å². The predicted octanol–water partition coefficient (Wildman–Crippen LogP) is 3.72. The standard InChI is InChI=1S/C22H24N2O3/c1-2-3-13-19(16-9-5-4-6-10-16)23-20(25)14-15-24-21(26)17-11-7-8-12-18(17)22(24)27/h4-12,19H,2-3,13-15H2,1H3,(H,23,25)/t19-/m0/s1. The van der Waals surface area contributed by atoms with Gasteiger partial charge < -0.3 is 5.32 Å². The van der Waals surface area contributed by atoms with E-state index < -0.39 is 0 Å². The maximum absolute atomic E-state index is 12.5. The van der Waals surface area contributed by atoms with Gasteiger partial charge in [-0.3, -0.25) is 19.3 Å². The molecule has 140 valence electrons. The first-order valence-corrected chi connectivity index (χ1v) is 9.41. The summed E-state index contributed by atoms with van der Waals surface area (Å²) in [5.41, 5.74) is 1.89. The van der Waals surface area contributed by atoms with Crippen LogP contribution < -0.4 is 5.32 Å². The van der Waals surface area contributed by atoms with E-state index in [4.69, 9.17) is 0 Å². The molecule has 0 aromatic heterocycles. The molecule has 0 spiro atoms. The molecular formula is C22H24N2O3. The summed E-state index contributed by atoms with van der Waals surface area (Å²) in [5, 5.41) is 3.05.